The van der Waals surface area contributed by atoms with Crippen molar-refractivity contribution in [3.05, 3.63) is 54.2 Å². The molecule has 1 saturated heterocycles. The molecule has 2 aromatic heterocycles. The number of rotatable bonds is 5. The zero-order valence-electron chi connectivity index (χ0n) is 15.2. The molecule has 1 N–H and O–H groups in total. The molecule has 1 amide bonds. The Bertz CT molecular complexity index is 915. The van der Waals surface area contributed by atoms with Gasteiger partial charge in [-0.15, -0.1) is 10.2 Å². The van der Waals surface area contributed by atoms with E-state index in [1.54, 1.807) is 10.6 Å². The summed E-state index contributed by atoms with van der Waals surface area (Å²) < 4.78 is 7.71. The summed E-state index contributed by atoms with van der Waals surface area (Å²) in [6.07, 6.45) is 7.07. The molecule has 0 bridgehead atoms. The Hall–Kier alpha value is -3.00. The monoisotopic (exact) mass is 366 g/mol. The molecule has 1 aromatic carbocycles. The largest absolute Gasteiger partial charge is 0.490 e. The maximum atomic E-state index is 12.3. The van der Waals surface area contributed by atoms with Crippen LogP contribution in [-0.4, -0.2) is 56.6 Å². The Morgan fingerprint density at radius 3 is 2.81 bits per heavy atom. The van der Waals surface area contributed by atoms with E-state index >= 15 is 0 Å². The molecule has 0 saturated carbocycles. The fourth-order valence-electron chi connectivity index (χ4n) is 3.11. The third kappa shape index (κ3) is 4.22. The van der Waals surface area contributed by atoms with E-state index in [1.165, 1.54) is 12.5 Å². The summed E-state index contributed by atoms with van der Waals surface area (Å²) in [7, 11) is 2.14. The number of benzene rings is 1. The molecule has 8 heteroatoms. The highest BCUT2D eigenvalue weighted by molar-refractivity contribution is 5.92. The first-order valence-corrected chi connectivity index (χ1v) is 9.05. The predicted octanol–water partition coefficient (Wildman–Crippen LogP) is 1.53. The molecule has 1 aliphatic heterocycles. The highest BCUT2D eigenvalue weighted by Gasteiger charge is 2.17. The maximum Gasteiger partial charge on any atom is 0.271 e. The molecule has 140 valence electrons. The molecule has 3 aromatic rings. The van der Waals surface area contributed by atoms with Gasteiger partial charge < -0.3 is 15.0 Å². The summed E-state index contributed by atoms with van der Waals surface area (Å²) in [5.41, 5.74) is 1.93. The summed E-state index contributed by atoms with van der Waals surface area (Å²) in [5.74, 6) is 0.636. The Labute approximate surface area is 157 Å². The second-order valence-corrected chi connectivity index (χ2v) is 6.82. The van der Waals surface area contributed by atoms with E-state index in [9.17, 15) is 4.79 Å². The van der Waals surface area contributed by atoms with Crippen LogP contribution < -0.4 is 10.1 Å². The van der Waals surface area contributed by atoms with Crippen molar-refractivity contribution in [2.75, 3.05) is 20.1 Å². The lowest BCUT2D eigenvalue weighted by atomic mass is 10.1. The average molecular weight is 366 g/mol. The topological polar surface area (TPSA) is 84.7 Å². The Balaban J connectivity index is 1.31. The first-order valence-electron chi connectivity index (χ1n) is 9.05. The van der Waals surface area contributed by atoms with Crippen LogP contribution in [0.1, 0.15) is 28.9 Å². The highest BCUT2D eigenvalue weighted by atomic mass is 16.5. The highest BCUT2D eigenvalue weighted by Crippen LogP contribution is 2.19. The number of fused-ring (bicyclic) bond motifs is 1. The SMILES string of the molecule is CN1CCC(Oc2ccc(CNC(=O)c3cn4cnnc4cn3)cc2)CC1. The molecule has 0 spiro atoms. The van der Waals surface area contributed by atoms with Crippen LogP contribution in [0.3, 0.4) is 0 Å². The number of hydrogen-bond donors (Lipinski definition) is 1. The standard InChI is InChI=1S/C19H22N6O2/c1-24-8-6-16(7-9-24)27-15-4-2-14(3-5-15)10-21-19(26)17-12-25-13-22-23-18(25)11-20-17/h2-5,11-13,16H,6-10H2,1H3,(H,21,26). The third-order valence-electron chi connectivity index (χ3n) is 4.76. The number of hydrogen-bond acceptors (Lipinski definition) is 6. The quantitative estimate of drug-likeness (QED) is 0.737. The van der Waals surface area contributed by atoms with Crippen molar-refractivity contribution in [1.82, 2.24) is 29.8 Å². The summed E-state index contributed by atoms with van der Waals surface area (Å²) in [6, 6.07) is 7.87. The fourth-order valence-corrected chi connectivity index (χ4v) is 3.11. The van der Waals surface area contributed by atoms with Gasteiger partial charge in [-0.3, -0.25) is 9.20 Å². The van der Waals surface area contributed by atoms with Gasteiger partial charge in [-0.2, -0.15) is 0 Å². The lowest BCUT2D eigenvalue weighted by Crippen LogP contribution is -2.35. The predicted molar refractivity (Wildman–Crippen MR) is 99.5 cm³/mol. The zero-order chi connectivity index (χ0) is 18.6. The third-order valence-corrected chi connectivity index (χ3v) is 4.76. The van der Waals surface area contributed by atoms with E-state index < -0.39 is 0 Å². The molecule has 0 radical (unpaired) electrons. The number of carbonyl (C=O) groups is 1. The number of carbonyl (C=O) groups excluding carboxylic acids is 1. The van der Waals surface area contributed by atoms with Gasteiger partial charge in [-0.1, -0.05) is 12.1 Å². The summed E-state index contributed by atoms with van der Waals surface area (Å²) >= 11 is 0. The minimum atomic E-state index is -0.239. The van der Waals surface area contributed by atoms with Crippen molar-refractivity contribution in [2.45, 2.75) is 25.5 Å². The van der Waals surface area contributed by atoms with Crippen LogP contribution in [0.2, 0.25) is 0 Å². The van der Waals surface area contributed by atoms with Crippen LogP contribution in [0.15, 0.2) is 43.0 Å². The fraction of sp³-hybridized carbons (Fsp3) is 0.368. The van der Waals surface area contributed by atoms with E-state index in [-0.39, 0.29) is 12.0 Å². The van der Waals surface area contributed by atoms with E-state index in [2.05, 4.69) is 32.4 Å². The van der Waals surface area contributed by atoms with Gasteiger partial charge in [0.05, 0.1) is 6.20 Å². The lowest BCUT2D eigenvalue weighted by molar-refractivity contribution is 0.0945. The minimum absolute atomic E-state index is 0.239. The van der Waals surface area contributed by atoms with Gasteiger partial charge in [0.15, 0.2) is 5.65 Å². The van der Waals surface area contributed by atoms with Gasteiger partial charge >= 0.3 is 0 Å². The molecule has 1 fully saturated rings. The van der Waals surface area contributed by atoms with E-state index in [4.69, 9.17) is 4.74 Å². The van der Waals surface area contributed by atoms with Gasteiger partial charge in [0.1, 0.15) is 23.9 Å². The second-order valence-electron chi connectivity index (χ2n) is 6.82. The molecular formula is C19H22N6O2. The molecule has 3 heterocycles. The Kier molecular flexibility index (Phi) is 4.97. The van der Waals surface area contributed by atoms with Crippen LogP contribution in [0, 0.1) is 0 Å². The minimum Gasteiger partial charge on any atom is -0.490 e. The molecule has 0 atom stereocenters. The average Bonchev–Trinajstić information content (AvgIpc) is 3.17. The lowest BCUT2D eigenvalue weighted by Gasteiger charge is -2.29. The van der Waals surface area contributed by atoms with E-state index in [0.29, 0.717) is 17.9 Å². The summed E-state index contributed by atoms with van der Waals surface area (Å²) in [5, 5.41) is 10.5. The molecule has 4 rings (SSSR count). The molecule has 27 heavy (non-hydrogen) atoms. The van der Waals surface area contributed by atoms with Crippen molar-refractivity contribution in [1.29, 1.82) is 0 Å². The molecule has 0 aliphatic carbocycles. The summed E-state index contributed by atoms with van der Waals surface area (Å²) in [6.45, 7) is 2.57. The van der Waals surface area contributed by atoms with Gasteiger partial charge in [0, 0.05) is 25.8 Å². The first-order chi connectivity index (χ1) is 13.2. The molecule has 0 unspecified atom stereocenters. The number of piperidine rings is 1. The van der Waals surface area contributed by atoms with Gasteiger partial charge in [0.2, 0.25) is 0 Å². The van der Waals surface area contributed by atoms with Gasteiger partial charge in [0.25, 0.3) is 5.91 Å². The van der Waals surface area contributed by atoms with E-state index in [0.717, 1.165) is 37.2 Å². The second kappa shape index (κ2) is 7.71. The van der Waals surface area contributed by atoms with Crippen molar-refractivity contribution in [2.24, 2.45) is 0 Å². The number of likely N-dealkylation sites (tertiary alicyclic amines) is 1. The molecule has 8 nitrogen and oxygen atoms in total. The Morgan fingerprint density at radius 1 is 1.26 bits per heavy atom. The smallest absolute Gasteiger partial charge is 0.271 e. The number of nitrogens with one attached hydrogen (secondary N) is 1. The molecular weight excluding hydrogens is 344 g/mol. The van der Waals surface area contributed by atoms with Crippen LogP contribution in [0.25, 0.3) is 5.65 Å². The van der Waals surface area contributed by atoms with Crippen LogP contribution in [0.4, 0.5) is 0 Å². The number of amides is 1. The molecule has 1 aliphatic rings. The van der Waals surface area contributed by atoms with Gasteiger partial charge in [-0.05, 0) is 37.6 Å². The van der Waals surface area contributed by atoms with Gasteiger partial charge in [-0.25, -0.2) is 4.98 Å². The van der Waals surface area contributed by atoms with Crippen LogP contribution in [0.5, 0.6) is 5.75 Å². The van der Waals surface area contributed by atoms with Crippen molar-refractivity contribution in [3.8, 4) is 5.75 Å². The number of aromatic nitrogens is 4. The zero-order valence-corrected chi connectivity index (χ0v) is 15.2. The van der Waals surface area contributed by atoms with Crippen molar-refractivity contribution in [3.63, 3.8) is 0 Å². The Morgan fingerprint density at radius 2 is 2.04 bits per heavy atom. The maximum absolute atomic E-state index is 12.3. The van der Waals surface area contributed by atoms with Crippen molar-refractivity contribution < 1.29 is 9.53 Å². The number of ether oxygens (including phenoxy) is 1. The number of nitrogens with zero attached hydrogens (tertiary/aromatic N) is 5. The van der Waals surface area contributed by atoms with Crippen LogP contribution >= 0.6 is 0 Å². The van der Waals surface area contributed by atoms with Crippen molar-refractivity contribution >= 4 is 11.6 Å². The first kappa shape index (κ1) is 17.4. The van der Waals surface area contributed by atoms with E-state index in [1.807, 2.05) is 24.3 Å². The van der Waals surface area contributed by atoms with Crippen LogP contribution in [-0.2, 0) is 6.54 Å². The normalized spacial score (nSPS) is 15.7. The summed E-state index contributed by atoms with van der Waals surface area (Å²) in [4.78, 5) is 18.7.